The summed E-state index contributed by atoms with van der Waals surface area (Å²) >= 11 is 3.05. The van der Waals surface area contributed by atoms with Crippen LogP contribution in [0.4, 0.5) is 5.00 Å². The van der Waals surface area contributed by atoms with Crippen molar-refractivity contribution in [3.05, 3.63) is 39.4 Å². The first-order chi connectivity index (χ1) is 9.61. The van der Waals surface area contributed by atoms with E-state index in [1.54, 1.807) is 22.8 Å². The van der Waals surface area contributed by atoms with Gasteiger partial charge >= 0.3 is 0 Å². The van der Waals surface area contributed by atoms with Crippen LogP contribution in [-0.2, 0) is 4.79 Å². The van der Waals surface area contributed by atoms with Crippen LogP contribution in [0, 0.1) is 11.3 Å². The number of rotatable bonds is 5. The predicted molar refractivity (Wildman–Crippen MR) is 83.0 cm³/mol. The van der Waals surface area contributed by atoms with Gasteiger partial charge < -0.3 is 5.32 Å². The van der Waals surface area contributed by atoms with Gasteiger partial charge in [0.05, 0.1) is 12.1 Å². The van der Waals surface area contributed by atoms with Crippen LogP contribution in [0.5, 0.6) is 0 Å². The van der Waals surface area contributed by atoms with Crippen molar-refractivity contribution >= 4 is 33.6 Å². The number of thiophene rings is 2. The minimum absolute atomic E-state index is 0.102. The number of hydrogen-bond donors (Lipinski definition) is 1. The first-order valence-corrected chi connectivity index (χ1v) is 7.89. The molecule has 0 saturated heterocycles. The van der Waals surface area contributed by atoms with Crippen LogP contribution in [0.2, 0.25) is 0 Å². The van der Waals surface area contributed by atoms with Gasteiger partial charge in [0.2, 0.25) is 5.91 Å². The fourth-order valence-electron chi connectivity index (χ4n) is 1.77. The third-order valence-corrected chi connectivity index (χ3v) is 4.92. The van der Waals surface area contributed by atoms with Gasteiger partial charge in [0, 0.05) is 10.9 Å². The van der Waals surface area contributed by atoms with E-state index >= 15 is 0 Å². The molecule has 1 amide bonds. The van der Waals surface area contributed by atoms with Gasteiger partial charge in [-0.1, -0.05) is 6.07 Å². The molecule has 0 bridgehead atoms. The Hall–Kier alpha value is -1.68. The van der Waals surface area contributed by atoms with Crippen molar-refractivity contribution in [1.82, 2.24) is 4.90 Å². The molecule has 2 aromatic rings. The summed E-state index contributed by atoms with van der Waals surface area (Å²) in [6, 6.07) is 8.04. The molecule has 2 heterocycles. The first kappa shape index (κ1) is 14.7. The Labute approximate surface area is 126 Å². The topological polar surface area (TPSA) is 56.1 Å². The van der Waals surface area contributed by atoms with Crippen molar-refractivity contribution in [2.24, 2.45) is 0 Å². The van der Waals surface area contributed by atoms with Crippen LogP contribution in [0.1, 0.15) is 23.4 Å². The lowest BCUT2D eigenvalue weighted by atomic mass is 10.2. The van der Waals surface area contributed by atoms with Gasteiger partial charge in [-0.2, -0.15) is 5.26 Å². The minimum atomic E-state index is -0.102. The lowest BCUT2D eigenvalue weighted by molar-refractivity contribution is -0.117. The number of nitrogens with zero attached hydrogens (tertiary/aromatic N) is 2. The van der Waals surface area contributed by atoms with Gasteiger partial charge in [0.25, 0.3) is 0 Å². The Morgan fingerprint density at radius 3 is 2.90 bits per heavy atom. The molecule has 6 heteroatoms. The molecule has 0 spiro atoms. The number of hydrogen-bond acceptors (Lipinski definition) is 5. The molecule has 4 nitrogen and oxygen atoms in total. The zero-order valence-electron chi connectivity index (χ0n) is 11.3. The fraction of sp³-hybridized carbons (Fsp3) is 0.286. The average molecular weight is 305 g/mol. The third-order valence-electron chi connectivity index (χ3n) is 3.05. The summed E-state index contributed by atoms with van der Waals surface area (Å²) in [4.78, 5) is 15.2. The fourth-order valence-corrected chi connectivity index (χ4v) is 3.37. The molecule has 104 valence electrons. The number of carbonyl (C=O) groups excluding carboxylic acids is 1. The standard InChI is InChI=1S/C14H15N3OS2/c1-10(12-4-3-6-19-12)17(2)9-13(18)16-14-11(8-15)5-7-20-14/h3-7,10H,9H2,1-2H3,(H,16,18). The van der Waals surface area contributed by atoms with Crippen molar-refractivity contribution in [1.29, 1.82) is 5.26 Å². The predicted octanol–water partition coefficient (Wildman–Crippen LogP) is 3.31. The summed E-state index contributed by atoms with van der Waals surface area (Å²) in [6.45, 7) is 2.37. The van der Waals surface area contributed by atoms with Gasteiger partial charge in [-0.25, -0.2) is 0 Å². The second kappa shape index (κ2) is 6.66. The highest BCUT2D eigenvalue weighted by Crippen LogP contribution is 2.24. The maximum atomic E-state index is 12.0. The van der Waals surface area contributed by atoms with Gasteiger partial charge in [0.15, 0.2) is 0 Å². The SMILES string of the molecule is CC(c1cccs1)N(C)CC(=O)Nc1sccc1C#N. The van der Waals surface area contributed by atoms with Gasteiger partial charge in [-0.05, 0) is 36.9 Å². The number of amides is 1. The summed E-state index contributed by atoms with van der Waals surface area (Å²) in [5, 5.41) is 16.2. The van der Waals surface area contributed by atoms with Crippen LogP contribution < -0.4 is 5.32 Å². The molecule has 0 saturated carbocycles. The van der Waals surface area contributed by atoms with Crippen molar-refractivity contribution in [3.8, 4) is 6.07 Å². The first-order valence-electron chi connectivity index (χ1n) is 6.13. The van der Waals surface area contributed by atoms with E-state index in [0.717, 1.165) is 0 Å². The maximum Gasteiger partial charge on any atom is 0.239 e. The van der Waals surface area contributed by atoms with E-state index in [2.05, 4.69) is 24.4 Å². The molecule has 2 rings (SSSR count). The molecule has 0 aliphatic rings. The molecule has 20 heavy (non-hydrogen) atoms. The number of anilines is 1. The number of nitrogens with one attached hydrogen (secondary N) is 1. The van der Waals surface area contributed by atoms with Crippen molar-refractivity contribution < 1.29 is 4.79 Å². The quantitative estimate of drug-likeness (QED) is 0.922. The van der Waals surface area contributed by atoms with E-state index in [0.29, 0.717) is 17.1 Å². The molecule has 1 unspecified atom stereocenters. The minimum Gasteiger partial charge on any atom is -0.315 e. The van der Waals surface area contributed by atoms with Gasteiger partial charge in [0.1, 0.15) is 11.1 Å². The molecule has 0 aromatic carbocycles. The van der Waals surface area contributed by atoms with Crippen molar-refractivity contribution in [2.45, 2.75) is 13.0 Å². The normalized spacial score (nSPS) is 12.1. The number of nitriles is 1. The van der Waals surface area contributed by atoms with Crippen LogP contribution in [-0.4, -0.2) is 24.4 Å². The monoisotopic (exact) mass is 305 g/mol. The van der Waals surface area contributed by atoms with Crippen LogP contribution in [0.25, 0.3) is 0 Å². The Morgan fingerprint density at radius 2 is 2.25 bits per heavy atom. The average Bonchev–Trinajstić information content (AvgIpc) is 3.08. The number of likely N-dealkylation sites (N-methyl/N-ethyl adjacent to an activating group) is 1. The third kappa shape index (κ3) is 3.45. The van der Waals surface area contributed by atoms with Crippen molar-refractivity contribution in [2.75, 3.05) is 18.9 Å². The Morgan fingerprint density at radius 1 is 1.45 bits per heavy atom. The molecule has 2 aromatic heterocycles. The second-order valence-corrected chi connectivity index (χ2v) is 6.33. The summed E-state index contributed by atoms with van der Waals surface area (Å²) in [7, 11) is 1.92. The van der Waals surface area contributed by atoms with E-state index in [-0.39, 0.29) is 11.9 Å². The van der Waals surface area contributed by atoms with Crippen LogP contribution in [0.3, 0.4) is 0 Å². The van der Waals surface area contributed by atoms with Gasteiger partial charge in [-0.15, -0.1) is 22.7 Å². The zero-order valence-corrected chi connectivity index (χ0v) is 12.9. The van der Waals surface area contributed by atoms with Crippen LogP contribution >= 0.6 is 22.7 Å². The highest BCUT2D eigenvalue weighted by atomic mass is 32.1. The smallest absolute Gasteiger partial charge is 0.239 e. The van der Waals surface area contributed by atoms with E-state index < -0.39 is 0 Å². The molecule has 0 radical (unpaired) electrons. The zero-order chi connectivity index (χ0) is 14.5. The lowest BCUT2D eigenvalue weighted by Gasteiger charge is -2.22. The highest BCUT2D eigenvalue weighted by Gasteiger charge is 2.16. The van der Waals surface area contributed by atoms with Gasteiger partial charge in [-0.3, -0.25) is 9.69 Å². The number of carbonyl (C=O) groups is 1. The van der Waals surface area contributed by atoms with E-state index in [9.17, 15) is 4.79 Å². The summed E-state index contributed by atoms with van der Waals surface area (Å²) in [5.74, 6) is -0.102. The second-order valence-electron chi connectivity index (χ2n) is 4.43. The maximum absolute atomic E-state index is 12.0. The largest absolute Gasteiger partial charge is 0.315 e. The summed E-state index contributed by atoms with van der Waals surface area (Å²) in [5.41, 5.74) is 0.511. The molecule has 1 N–H and O–H groups in total. The molecule has 0 aliphatic carbocycles. The lowest BCUT2D eigenvalue weighted by Crippen LogP contribution is -2.31. The summed E-state index contributed by atoms with van der Waals surface area (Å²) < 4.78 is 0. The highest BCUT2D eigenvalue weighted by molar-refractivity contribution is 7.14. The molecule has 0 aliphatic heterocycles. The van der Waals surface area contributed by atoms with E-state index in [1.807, 2.05) is 23.4 Å². The van der Waals surface area contributed by atoms with Crippen molar-refractivity contribution in [3.63, 3.8) is 0 Å². The molecular formula is C14H15N3OS2. The molecular weight excluding hydrogens is 290 g/mol. The Kier molecular flexibility index (Phi) is 4.90. The molecule has 1 atom stereocenters. The Balaban J connectivity index is 1.93. The summed E-state index contributed by atoms with van der Waals surface area (Å²) in [6.07, 6.45) is 0. The Bertz CT molecular complexity index is 613. The van der Waals surface area contributed by atoms with E-state index in [4.69, 9.17) is 5.26 Å². The van der Waals surface area contributed by atoms with Crippen LogP contribution in [0.15, 0.2) is 29.0 Å². The molecule has 0 fully saturated rings. The van der Waals surface area contributed by atoms with E-state index in [1.165, 1.54) is 16.2 Å².